The molecule has 1 aromatic carbocycles. The lowest BCUT2D eigenvalue weighted by molar-refractivity contribution is 0.440. The summed E-state index contributed by atoms with van der Waals surface area (Å²) in [7, 11) is 0. The lowest BCUT2D eigenvalue weighted by atomic mass is 10.2. The van der Waals surface area contributed by atoms with E-state index in [1.54, 1.807) is 36.7 Å². The number of pyridine rings is 2. The van der Waals surface area contributed by atoms with Crippen LogP contribution < -0.4 is 15.4 Å². The van der Waals surface area contributed by atoms with Gasteiger partial charge in [0, 0.05) is 18.9 Å². The Bertz CT molecular complexity index is 903. The highest BCUT2D eigenvalue weighted by molar-refractivity contribution is 5.79. The molecule has 0 amide bonds. The van der Waals surface area contributed by atoms with Crippen LogP contribution in [0.15, 0.2) is 72.1 Å². The van der Waals surface area contributed by atoms with Gasteiger partial charge < -0.3 is 15.4 Å². The van der Waals surface area contributed by atoms with E-state index < -0.39 is 5.82 Å². The van der Waals surface area contributed by atoms with Gasteiger partial charge in [-0.15, -0.1) is 0 Å². The lowest BCUT2D eigenvalue weighted by Gasteiger charge is -2.11. The first kappa shape index (κ1) is 19.3. The molecule has 2 N–H and O–H groups in total. The van der Waals surface area contributed by atoms with Gasteiger partial charge in [-0.3, -0.25) is 9.97 Å². The normalized spacial score (nSPS) is 11.1. The molecule has 7 heteroatoms. The van der Waals surface area contributed by atoms with E-state index in [9.17, 15) is 4.39 Å². The summed E-state index contributed by atoms with van der Waals surface area (Å²) in [6, 6.07) is 14.0. The molecule has 0 aliphatic rings. The molecule has 0 saturated carbocycles. The molecule has 0 bridgehead atoms. The van der Waals surface area contributed by atoms with Crippen molar-refractivity contribution in [2.75, 3.05) is 6.54 Å². The number of halogens is 1. The fourth-order valence-corrected chi connectivity index (χ4v) is 2.45. The van der Waals surface area contributed by atoms with Crippen LogP contribution in [0.4, 0.5) is 4.39 Å². The van der Waals surface area contributed by atoms with E-state index in [1.807, 2.05) is 25.1 Å². The van der Waals surface area contributed by atoms with Crippen molar-refractivity contribution in [2.45, 2.75) is 20.0 Å². The summed E-state index contributed by atoms with van der Waals surface area (Å²) in [6.07, 6.45) is 4.92. The zero-order valence-electron chi connectivity index (χ0n) is 15.6. The van der Waals surface area contributed by atoms with Crippen LogP contribution in [-0.4, -0.2) is 22.5 Å². The quantitative estimate of drug-likeness (QED) is 0.484. The fraction of sp³-hybridized carbons (Fsp3) is 0.190. The van der Waals surface area contributed by atoms with Crippen molar-refractivity contribution in [2.24, 2.45) is 4.99 Å². The molecular formula is C21H22FN5O. The Morgan fingerprint density at radius 2 is 2.04 bits per heavy atom. The van der Waals surface area contributed by atoms with Crippen molar-refractivity contribution in [1.82, 2.24) is 20.6 Å². The molecule has 28 heavy (non-hydrogen) atoms. The molecule has 0 saturated heterocycles. The molecule has 3 rings (SSSR count). The van der Waals surface area contributed by atoms with Gasteiger partial charge in [0.25, 0.3) is 0 Å². The molecule has 2 heterocycles. The lowest BCUT2D eigenvalue weighted by Crippen LogP contribution is -2.37. The topological polar surface area (TPSA) is 71.4 Å². The van der Waals surface area contributed by atoms with Crippen molar-refractivity contribution in [1.29, 1.82) is 0 Å². The second-order valence-corrected chi connectivity index (χ2v) is 5.93. The number of guanidine groups is 1. The summed E-state index contributed by atoms with van der Waals surface area (Å²) in [6.45, 7) is 3.60. The molecule has 0 unspecified atom stereocenters. The standard InChI is InChI=1S/C21H22FN5O/c1-2-24-21(27-14-17-6-3-4-11-25-17)26-13-16-8-9-20(19(22)12-16)28-18-7-5-10-23-15-18/h3-12,15H,2,13-14H2,1H3,(H2,24,26,27). The maximum Gasteiger partial charge on any atom is 0.191 e. The monoisotopic (exact) mass is 379 g/mol. The summed E-state index contributed by atoms with van der Waals surface area (Å²) in [5, 5.41) is 6.38. The Morgan fingerprint density at radius 3 is 2.75 bits per heavy atom. The van der Waals surface area contributed by atoms with Crippen LogP contribution in [0, 0.1) is 5.82 Å². The van der Waals surface area contributed by atoms with E-state index in [4.69, 9.17) is 4.74 Å². The Balaban J connectivity index is 1.62. The van der Waals surface area contributed by atoms with Crippen LogP contribution in [0.5, 0.6) is 11.5 Å². The zero-order chi connectivity index (χ0) is 19.6. The Morgan fingerprint density at radius 1 is 1.11 bits per heavy atom. The van der Waals surface area contributed by atoms with Gasteiger partial charge >= 0.3 is 0 Å². The number of hydrogen-bond acceptors (Lipinski definition) is 4. The van der Waals surface area contributed by atoms with Gasteiger partial charge in [0.05, 0.1) is 25.0 Å². The maximum atomic E-state index is 14.3. The Hall–Kier alpha value is -3.48. The molecular weight excluding hydrogens is 357 g/mol. The smallest absolute Gasteiger partial charge is 0.191 e. The second kappa shape index (κ2) is 10.0. The fourth-order valence-electron chi connectivity index (χ4n) is 2.45. The summed E-state index contributed by atoms with van der Waals surface area (Å²) in [5.41, 5.74) is 1.65. The van der Waals surface area contributed by atoms with E-state index in [0.717, 1.165) is 17.8 Å². The average molecular weight is 379 g/mol. The van der Waals surface area contributed by atoms with E-state index in [1.165, 1.54) is 12.3 Å². The van der Waals surface area contributed by atoms with E-state index in [0.29, 0.717) is 24.8 Å². The predicted octanol–water partition coefficient (Wildman–Crippen LogP) is 3.66. The van der Waals surface area contributed by atoms with Gasteiger partial charge in [-0.25, -0.2) is 9.38 Å². The first-order valence-electron chi connectivity index (χ1n) is 9.03. The highest BCUT2D eigenvalue weighted by atomic mass is 19.1. The minimum atomic E-state index is -0.442. The number of benzene rings is 1. The zero-order valence-corrected chi connectivity index (χ0v) is 15.6. The van der Waals surface area contributed by atoms with Crippen LogP contribution in [0.3, 0.4) is 0 Å². The third-order valence-corrected chi connectivity index (χ3v) is 3.79. The van der Waals surface area contributed by atoms with Gasteiger partial charge in [-0.05, 0) is 48.9 Å². The minimum Gasteiger partial charge on any atom is -0.453 e. The van der Waals surface area contributed by atoms with E-state index >= 15 is 0 Å². The molecule has 6 nitrogen and oxygen atoms in total. The number of ether oxygens (including phenoxy) is 1. The van der Waals surface area contributed by atoms with Crippen LogP contribution in [-0.2, 0) is 13.1 Å². The molecule has 144 valence electrons. The maximum absolute atomic E-state index is 14.3. The molecule has 0 atom stereocenters. The Kier molecular flexibility index (Phi) is 6.89. The highest BCUT2D eigenvalue weighted by Crippen LogP contribution is 2.24. The van der Waals surface area contributed by atoms with Gasteiger partial charge in [-0.2, -0.15) is 0 Å². The minimum absolute atomic E-state index is 0.154. The molecule has 0 radical (unpaired) electrons. The first-order chi connectivity index (χ1) is 13.7. The number of nitrogens with one attached hydrogen (secondary N) is 2. The third-order valence-electron chi connectivity index (χ3n) is 3.79. The summed E-state index contributed by atoms with van der Waals surface area (Å²) < 4.78 is 19.9. The van der Waals surface area contributed by atoms with Crippen molar-refractivity contribution in [3.05, 3.63) is 84.2 Å². The van der Waals surface area contributed by atoms with Crippen molar-refractivity contribution >= 4 is 5.96 Å². The number of rotatable bonds is 7. The van der Waals surface area contributed by atoms with Gasteiger partial charge in [0.1, 0.15) is 5.75 Å². The first-order valence-corrected chi connectivity index (χ1v) is 9.03. The van der Waals surface area contributed by atoms with Crippen molar-refractivity contribution in [3.63, 3.8) is 0 Å². The van der Waals surface area contributed by atoms with Crippen molar-refractivity contribution in [3.8, 4) is 11.5 Å². The van der Waals surface area contributed by atoms with E-state index in [-0.39, 0.29) is 5.75 Å². The number of nitrogens with zero attached hydrogens (tertiary/aromatic N) is 3. The second-order valence-electron chi connectivity index (χ2n) is 5.93. The molecule has 0 aliphatic carbocycles. The highest BCUT2D eigenvalue weighted by Gasteiger charge is 2.07. The van der Waals surface area contributed by atoms with Gasteiger partial charge in [0.15, 0.2) is 17.5 Å². The SMILES string of the molecule is CCNC(=NCc1ccc(Oc2cccnc2)c(F)c1)NCc1ccccn1. The van der Waals surface area contributed by atoms with E-state index in [2.05, 4.69) is 25.6 Å². The summed E-state index contributed by atoms with van der Waals surface area (Å²) >= 11 is 0. The van der Waals surface area contributed by atoms with Crippen LogP contribution in [0.2, 0.25) is 0 Å². The summed E-state index contributed by atoms with van der Waals surface area (Å²) in [4.78, 5) is 12.7. The van der Waals surface area contributed by atoms with Crippen LogP contribution >= 0.6 is 0 Å². The van der Waals surface area contributed by atoms with Crippen molar-refractivity contribution < 1.29 is 9.13 Å². The number of aliphatic imine (C=N–C) groups is 1. The van der Waals surface area contributed by atoms with Crippen LogP contribution in [0.1, 0.15) is 18.2 Å². The van der Waals surface area contributed by atoms with Gasteiger partial charge in [-0.1, -0.05) is 12.1 Å². The number of aromatic nitrogens is 2. The molecule has 0 aliphatic heterocycles. The van der Waals surface area contributed by atoms with Gasteiger partial charge in [0.2, 0.25) is 0 Å². The molecule has 0 spiro atoms. The summed E-state index contributed by atoms with van der Waals surface area (Å²) in [5.74, 6) is 0.841. The largest absolute Gasteiger partial charge is 0.453 e. The Labute approximate surface area is 163 Å². The molecule has 0 fully saturated rings. The average Bonchev–Trinajstić information content (AvgIpc) is 2.73. The van der Waals surface area contributed by atoms with Crippen LogP contribution in [0.25, 0.3) is 0 Å². The molecule has 3 aromatic rings. The predicted molar refractivity (Wildman–Crippen MR) is 107 cm³/mol. The number of hydrogen-bond donors (Lipinski definition) is 2. The third kappa shape index (κ3) is 5.77. The molecule has 2 aromatic heterocycles.